The number of rotatable bonds is 5. The summed E-state index contributed by atoms with van der Waals surface area (Å²) in [6.45, 7) is 7.23. The maximum Gasteiger partial charge on any atom is 0.0763 e. The lowest BCUT2D eigenvalue weighted by atomic mass is 9.92. The van der Waals surface area contributed by atoms with Crippen LogP contribution in [0.25, 0.3) is 0 Å². The Morgan fingerprint density at radius 2 is 2.40 bits per heavy atom. The molecule has 20 heavy (non-hydrogen) atoms. The molecule has 2 aliphatic heterocycles. The van der Waals surface area contributed by atoms with Crippen LogP contribution in [0.1, 0.15) is 33.1 Å². The summed E-state index contributed by atoms with van der Waals surface area (Å²) in [6.07, 6.45) is 9.86. The molecule has 1 fully saturated rings. The summed E-state index contributed by atoms with van der Waals surface area (Å²) in [5, 5.41) is 13.1. The molecule has 3 heteroatoms. The Kier molecular flexibility index (Phi) is 6.02. The first-order valence-corrected chi connectivity index (χ1v) is 7.77. The van der Waals surface area contributed by atoms with Gasteiger partial charge in [0.25, 0.3) is 0 Å². The molecule has 0 amide bonds. The highest BCUT2D eigenvalue weighted by Gasteiger charge is 2.21. The van der Waals surface area contributed by atoms with Gasteiger partial charge in [0.15, 0.2) is 0 Å². The van der Waals surface area contributed by atoms with E-state index in [-0.39, 0.29) is 12.7 Å². The second-order valence-corrected chi connectivity index (χ2v) is 5.59. The van der Waals surface area contributed by atoms with Crippen LogP contribution < -0.4 is 5.32 Å². The Hall–Kier alpha value is -0.900. The van der Waals surface area contributed by atoms with Crippen molar-refractivity contribution in [2.24, 2.45) is 5.92 Å². The molecule has 2 rings (SSSR count). The molecule has 2 N–H and O–H groups in total. The number of aliphatic hydroxyl groups is 1. The van der Waals surface area contributed by atoms with Crippen LogP contribution in [0.3, 0.4) is 0 Å². The third-order valence-electron chi connectivity index (χ3n) is 4.27. The van der Waals surface area contributed by atoms with Crippen molar-refractivity contribution in [3.05, 3.63) is 34.9 Å². The number of hydrogen-bond donors (Lipinski definition) is 2. The topological polar surface area (TPSA) is 41.5 Å². The Labute approximate surface area is 122 Å². The molecule has 0 saturated carbocycles. The Morgan fingerprint density at radius 3 is 2.95 bits per heavy atom. The third-order valence-corrected chi connectivity index (χ3v) is 4.27. The first kappa shape index (κ1) is 15.5. The molecular formula is C17H27NO2. The smallest absolute Gasteiger partial charge is 0.0763 e. The van der Waals surface area contributed by atoms with E-state index in [4.69, 9.17) is 4.74 Å². The largest absolute Gasteiger partial charge is 0.392 e. The minimum absolute atomic E-state index is 0.128. The first-order chi connectivity index (χ1) is 9.76. The van der Waals surface area contributed by atoms with Gasteiger partial charge in [-0.1, -0.05) is 25.2 Å². The zero-order valence-electron chi connectivity index (χ0n) is 12.7. The standard InChI is InChI=1S/C17H27NO2/c1-3-16(17-8-10-20-13(17)2)15(12-19)7-6-14-5-4-9-18-11-14/h4-5,7,13-14,18-19H,3,6,8-12H2,1-2H3/b15-7-,17-16-. The third kappa shape index (κ3) is 3.81. The highest BCUT2D eigenvalue weighted by Crippen LogP contribution is 2.29. The average Bonchev–Trinajstić information content (AvgIpc) is 2.90. The van der Waals surface area contributed by atoms with E-state index < -0.39 is 0 Å². The lowest BCUT2D eigenvalue weighted by Gasteiger charge is -2.18. The Balaban J connectivity index is 2.12. The van der Waals surface area contributed by atoms with Crippen LogP contribution in [0, 0.1) is 5.92 Å². The van der Waals surface area contributed by atoms with Gasteiger partial charge in [0.2, 0.25) is 0 Å². The molecule has 1 saturated heterocycles. The number of ether oxygens (including phenoxy) is 1. The maximum atomic E-state index is 9.73. The number of allylic oxidation sites excluding steroid dienone is 1. The van der Waals surface area contributed by atoms with Crippen LogP contribution in [0.2, 0.25) is 0 Å². The highest BCUT2D eigenvalue weighted by molar-refractivity contribution is 5.38. The van der Waals surface area contributed by atoms with E-state index in [1.165, 1.54) is 11.1 Å². The fraction of sp³-hybridized carbons (Fsp3) is 0.647. The van der Waals surface area contributed by atoms with Crippen molar-refractivity contribution in [2.45, 2.75) is 39.2 Å². The van der Waals surface area contributed by atoms with Gasteiger partial charge in [0.1, 0.15) is 0 Å². The van der Waals surface area contributed by atoms with Crippen molar-refractivity contribution in [1.82, 2.24) is 5.32 Å². The Morgan fingerprint density at radius 1 is 1.55 bits per heavy atom. The summed E-state index contributed by atoms with van der Waals surface area (Å²) in [4.78, 5) is 0. The van der Waals surface area contributed by atoms with Crippen LogP contribution in [-0.2, 0) is 4.74 Å². The molecule has 0 spiro atoms. The van der Waals surface area contributed by atoms with Crippen molar-refractivity contribution >= 4 is 0 Å². The molecule has 2 aliphatic rings. The van der Waals surface area contributed by atoms with Crippen LogP contribution in [0.15, 0.2) is 34.9 Å². The van der Waals surface area contributed by atoms with Gasteiger partial charge in [-0.3, -0.25) is 0 Å². The van der Waals surface area contributed by atoms with E-state index in [2.05, 4.69) is 37.4 Å². The van der Waals surface area contributed by atoms with Gasteiger partial charge in [-0.2, -0.15) is 0 Å². The van der Waals surface area contributed by atoms with Gasteiger partial charge >= 0.3 is 0 Å². The number of nitrogens with one attached hydrogen (secondary N) is 1. The average molecular weight is 277 g/mol. The molecule has 0 aromatic rings. The van der Waals surface area contributed by atoms with Crippen molar-refractivity contribution in [3.8, 4) is 0 Å². The Bertz CT molecular complexity index is 409. The quantitative estimate of drug-likeness (QED) is 0.759. The van der Waals surface area contributed by atoms with Gasteiger partial charge in [-0.25, -0.2) is 0 Å². The van der Waals surface area contributed by atoms with Crippen LogP contribution in [-0.4, -0.2) is 37.5 Å². The van der Waals surface area contributed by atoms with Crippen molar-refractivity contribution in [2.75, 3.05) is 26.3 Å². The number of hydrogen-bond acceptors (Lipinski definition) is 3. The second-order valence-electron chi connectivity index (χ2n) is 5.59. The predicted molar refractivity (Wildman–Crippen MR) is 82.6 cm³/mol. The lowest BCUT2D eigenvalue weighted by Crippen LogP contribution is -2.25. The molecule has 0 bridgehead atoms. The molecule has 2 atom stereocenters. The molecule has 3 nitrogen and oxygen atoms in total. The van der Waals surface area contributed by atoms with E-state index in [1.807, 2.05) is 0 Å². The SMILES string of the molecule is CCC(=C1\CCOC1C)/C(=C\CC1C=CCNC1)CO. The monoisotopic (exact) mass is 277 g/mol. The summed E-state index contributed by atoms with van der Waals surface area (Å²) < 4.78 is 5.65. The zero-order chi connectivity index (χ0) is 14.4. The van der Waals surface area contributed by atoms with Gasteiger partial charge in [-0.15, -0.1) is 0 Å². The normalized spacial score (nSPS) is 29.9. The van der Waals surface area contributed by atoms with Gasteiger partial charge in [0, 0.05) is 13.1 Å². The summed E-state index contributed by atoms with van der Waals surface area (Å²) >= 11 is 0. The summed E-state index contributed by atoms with van der Waals surface area (Å²) in [5.74, 6) is 0.547. The predicted octanol–water partition coefficient (Wildman–Crippen LogP) is 2.59. The minimum atomic E-state index is 0.128. The van der Waals surface area contributed by atoms with Crippen LogP contribution in [0.4, 0.5) is 0 Å². The molecule has 0 aromatic carbocycles. The summed E-state index contributed by atoms with van der Waals surface area (Å²) in [7, 11) is 0. The first-order valence-electron chi connectivity index (χ1n) is 7.77. The van der Waals surface area contributed by atoms with E-state index in [1.54, 1.807) is 0 Å². The molecule has 2 unspecified atom stereocenters. The van der Waals surface area contributed by atoms with E-state index in [0.717, 1.165) is 44.5 Å². The van der Waals surface area contributed by atoms with E-state index >= 15 is 0 Å². The van der Waals surface area contributed by atoms with Crippen molar-refractivity contribution in [1.29, 1.82) is 0 Å². The minimum Gasteiger partial charge on any atom is -0.392 e. The molecule has 2 heterocycles. The summed E-state index contributed by atoms with van der Waals surface area (Å²) in [6, 6.07) is 0. The summed E-state index contributed by atoms with van der Waals surface area (Å²) in [5.41, 5.74) is 3.79. The molecular weight excluding hydrogens is 250 g/mol. The van der Waals surface area contributed by atoms with Gasteiger partial charge in [-0.05, 0) is 48.8 Å². The van der Waals surface area contributed by atoms with Crippen molar-refractivity contribution < 1.29 is 9.84 Å². The molecule has 0 aromatic heterocycles. The fourth-order valence-electron chi connectivity index (χ4n) is 3.13. The van der Waals surface area contributed by atoms with Crippen LogP contribution in [0.5, 0.6) is 0 Å². The fourth-order valence-corrected chi connectivity index (χ4v) is 3.13. The highest BCUT2D eigenvalue weighted by atomic mass is 16.5. The molecule has 0 aliphatic carbocycles. The molecule has 0 radical (unpaired) electrons. The van der Waals surface area contributed by atoms with E-state index in [9.17, 15) is 5.11 Å². The zero-order valence-corrected chi connectivity index (χ0v) is 12.7. The maximum absolute atomic E-state index is 9.73. The lowest BCUT2D eigenvalue weighted by molar-refractivity contribution is 0.137. The second kappa shape index (κ2) is 7.77. The van der Waals surface area contributed by atoms with E-state index in [0.29, 0.717) is 5.92 Å². The van der Waals surface area contributed by atoms with Gasteiger partial charge < -0.3 is 15.2 Å². The number of aliphatic hydroxyl groups excluding tert-OH is 1. The molecule has 112 valence electrons. The van der Waals surface area contributed by atoms with Gasteiger partial charge in [0.05, 0.1) is 19.3 Å². The van der Waals surface area contributed by atoms with Crippen molar-refractivity contribution in [3.63, 3.8) is 0 Å². The van der Waals surface area contributed by atoms with Crippen LogP contribution >= 0.6 is 0 Å².